The summed E-state index contributed by atoms with van der Waals surface area (Å²) < 4.78 is 0. The highest BCUT2D eigenvalue weighted by atomic mass is 16.4. The number of nitrogens with one attached hydrogen (secondary N) is 1. The molecule has 1 atom stereocenters. The lowest BCUT2D eigenvalue weighted by Crippen LogP contribution is -2.55. The van der Waals surface area contributed by atoms with Gasteiger partial charge in [-0.1, -0.05) is 0 Å². The summed E-state index contributed by atoms with van der Waals surface area (Å²) in [5, 5.41) is 11.1. The molecule has 1 unspecified atom stereocenters. The third kappa shape index (κ3) is 2.45. The van der Waals surface area contributed by atoms with E-state index in [0.717, 1.165) is 4.90 Å². The molecular weight excluding hydrogens is 306 g/mol. The minimum absolute atomic E-state index is 0.00296. The summed E-state index contributed by atoms with van der Waals surface area (Å²) in [5.41, 5.74) is -0.912. The Morgan fingerprint density at radius 2 is 1.83 bits per heavy atom. The Balaban J connectivity index is 1.77. The van der Waals surface area contributed by atoms with E-state index in [4.69, 9.17) is 5.11 Å². The van der Waals surface area contributed by atoms with Gasteiger partial charge in [-0.3, -0.25) is 29.4 Å². The highest BCUT2D eigenvalue weighted by Crippen LogP contribution is 2.43. The normalized spacial score (nSPS) is 27.6. The van der Waals surface area contributed by atoms with E-state index in [1.807, 2.05) is 0 Å². The first kappa shape index (κ1) is 15.4. The molecule has 3 heterocycles. The zero-order chi connectivity index (χ0) is 16.8. The number of hydrogen-bond donors (Lipinski definition) is 2. The van der Waals surface area contributed by atoms with Gasteiger partial charge in [-0.05, 0) is 19.3 Å². The Morgan fingerprint density at radius 1 is 1.17 bits per heavy atom. The Kier molecular flexibility index (Phi) is 3.57. The van der Waals surface area contributed by atoms with Crippen LogP contribution < -0.4 is 5.32 Å². The molecule has 0 radical (unpaired) electrons. The van der Waals surface area contributed by atoms with Crippen LogP contribution >= 0.6 is 0 Å². The largest absolute Gasteiger partial charge is 0.465 e. The Hall–Kier alpha value is -2.45. The van der Waals surface area contributed by atoms with Crippen molar-refractivity contribution in [3.05, 3.63) is 0 Å². The zero-order valence-corrected chi connectivity index (χ0v) is 12.4. The van der Waals surface area contributed by atoms with Crippen molar-refractivity contribution in [3.8, 4) is 0 Å². The van der Waals surface area contributed by atoms with Crippen molar-refractivity contribution >= 4 is 29.7 Å². The number of carbonyl (C=O) groups is 5. The van der Waals surface area contributed by atoms with E-state index in [1.165, 1.54) is 4.90 Å². The molecule has 0 aromatic rings. The highest BCUT2D eigenvalue weighted by molar-refractivity contribution is 6.11. The molecule has 0 saturated carbocycles. The summed E-state index contributed by atoms with van der Waals surface area (Å²) in [6.07, 6.45) is -0.274. The molecular formula is C14H17N3O6. The molecule has 3 aliphatic rings. The fourth-order valence-electron chi connectivity index (χ4n) is 3.58. The van der Waals surface area contributed by atoms with Gasteiger partial charge in [-0.25, -0.2) is 4.79 Å². The fourth-order valence-corrected chi connectivity index (χ4v) is 3.58. The number of nitrogens with zero attached hydrogens (tertiary/aromatic N) is 2. The number of rotatable bonds is 1. The molecule has 1 spiro atoms. The summed E-state index contributed by atoms with van der Waals surface area (Å²) in [6, 6.07) is -0.940. The average molecular weight is 323 g/mol. The van der Waals surface area contributed by atoms with Crippen LogP contribution in [0.3, 0.4) is 0 Å². The van der Waals surface area contributed by atoms with Crippen LogP contribution in [0.2, 0.25) is 0 Å². The standard InChI is InChI=1S/C14H17N3O6/c18-9-2-1-8(11(20)15-9)17-10(19)7-14(12(17)21)3-5-16(6-4-14)13(22)23/h8H,1-7H2,(H,22,23)(H,15,18,20). The molecule has 0 aliphatic carbocycles. The third-order valence-corrected chi connectivity index (χ3v) is 4.94. The van der Waals surface area contributed by atoms with Gasteiger partial charge >= 0.3 is 6.09 Å². The molecule has 5 amide bonds. The van der Waals surface area contributed by atoms with E-state index in [2.05, 4.69) is 5.32 Å². The van der Waals surface area contributed by atoms with Crippen molar-refractivity contribution in [2.24, 2.45) is 5.41 Å². The summed E-state index contributed by atoms with van der Waals surface area (Å²) in [6.45, 7) is 0.384. The molecule has 3 saturated heterocycles. The SMILES string of the molecule is O=C1CCC(N2C(=O)CC3(CCN(C(=O)O)CC3)C2=O)C(=O)N1. The molecule has 0 aromatic heterocycles. The van der Waals surface area contributed by atoms with Crippen LogP contribution in [0.15, 0.2) is 0 Å². The molecule has 3 fully saturated rings. The van der Waals surface area contributed by atoms with Crippen LogP contribution in [0, 0.1) is 5.41 Å². The van der Waals surface area contributed by atoms with Crippen LogP contribution in [-0.2, 0) is 19.2 Å². The first-order valence-electron chi connectivity index (χ1n) is 7.52. The lowest BCUT2D eigenvalue weighted by atomic mass is 9.77. The zero-order valence-electron chi connectivity index (χ0n) is 12.4. The first-order valence-corrected chi connectivity index (χ1v) is 7.52. The lowest BCUT2D eigenvalue weighted by molar-refractivity contribution is -0.153. The number of hydrogen-bond acceptors (Lipinski definition) is 5. The van der Waals surface area contributed by atoms with E-state index in [-0.39, 0.29) is 45.2 Å². The van der Waals surface area contributed by atoms with Crippen molar-refractivity contribution in [3.63, 3.8) is 0 Å². The molecule has 124 valence electrons. The maximum absolute atomic E-state index is 12.8. The quantitative estimate of drug-likeness (QED) is 0.616. The van der Waals surface area contributed by atoms with Gasteiger partial charge in [0, 0.05) is 25.9 Å². The van der Waals surface area contributed by atoms with Crippen molar-refractivity contribution in [2.75, 3.05) is 13.1 Å². The number of piperidine rings is 2. The van der Waals surface area contributed by atoms with Crippen LogP contribution in [0.5, 0.6) is 0 Å². The van der Waals surface area contributed by atoms with Gasteiger partial charge in [0.05, 0.1) is 5.41 Å². The number of imide groups is 2. The van der Waals surface area contributed by atoms with E-state index in [9.17, 15) is 24.0 Å². The second-order valence-corrected chi connectivity index (χ2v) is 6.26. The summed E-state index contributed by atoms with van der Waals surface area (Å²) in [5.74, 6) is -1.87. The summed E-state index contributed by atoms with van der Waals surface area (Å²) >= 11 is 0. The van der Waals surface area contributed by atoms with Gasteiger partial charge in [0.25, 0.3) is 0 Å². The predicted molar refractivity (Wildman–Crippen MR) is 73.9 cm³/mol. The lowest BCUT2D eigenvalue weighted by Gasteiger charge is -2.37. The van der Waals surface area contributed by atoms with Crippen molar-refractivity contribution in [1.29, 1.82) is 0 Å². The van der Waals surface area contributed by atoms with Crippen molar-refractivity contribution < 1.29 is 29.1 Å². The van der Waals surface area contributed by atoms with E-state index >= 15 is 0 Å². The Labute approximate surface area is 131 Å². The number of carboxylic acid groups (broad SMARTS) is 1. The Morgan fingerprint density at radius 3 is 2.39 bits per heavy atom. The molecule has 23 heavy (non-hydrogen) atoms. The molecule has 3 rings (SSSR count). The van der Waals surface area contributed by atoms with Gasteiger partial charge in [0.1, 0.15) is 6.04 Å². The van der Waals surface area contributed by atoms with E-state index < -0.39 is 41.2 Å². The summed E-state index contributed by atoms with van der Waals surface area (Å²) in [4.78, 5) is 61.4. The number of likely N-dealkylation sites (tertiary alicyclic amines) is 2. The van der Waals surface area contributed by atoms with Gasteiger partial charge in [0.15, 0.2) is 0 Å². The number of amides is 5. The van der Waals surface area contributed by atoms with Gasteiger partial charge in [-0.2, -0.15) is 0 Å². The minimum atomic E-state index is -1.04. The average Bonchev–Trinajstić information content (AvgIpc) is 2.71. The van der Waals surface area contributed by atoms with Crippen molar-refractivity contribution in [1.82, 2.24) is 15.1 Å². The van der Waals surface area contributed by atoms with E-state index in [1.54, 1.807) is 0 Å². The molecule has 2 N–H and O–H groups in total. The van der Waals surface area contributed by atoms with Crippen LogP contribution in [0.4, 0.5) is 4.79 Å². The van der Waals surface area contributed by atoms with E-state index in [0.29, 0.717) is 0 Å². The molecule has 9 nitrogen and oxygen atoms in total. The second kappa shape index (κ2) is 5.32. The third-order valence-electron chi connectivity index (χ3n) is 4.94. The monoisotopic (exact) mass is 323 g/mol. The first-order chi connectivity index (χ1) is 10.8. The van der Waals surface area contributed by atoms with Crippen LogP contribution in [0.1, 0.15) is 32.1 Å². The maximum Gasteiger partial charge on any atom is 0.407 e. The predicted octanol–water partition coefficient (Wildman–Crippen LogP) is -0.689. The van der Waals surface area contributed by atoms with Crippen LogP contribution in [-0.4, -0.2) is 63.8 Å². The summed E-state index contributed by atoms with van der Waals surface area (Å²) in [7, 11) is 0. The fraction of sp³-hybridized carbons (Fsp3) is 0.643. The highest BCUT2D eigenvalue weighted by Gasteiger charge is 2.56. The molecule has 3 aliphatic heterocycles. The van der Waals surface area contributed by atoms with Gasteiger partial charge in [-0.15, -0.1) is 0 Å². The maximum atomic E-state index is 12.8. The van der Waals surface area contributed by atoms with Crippen LogP contribution in [0.25, 0.3) is 0 Å². The molecule has 0 aromatic carbocycles. The second-order valence-electron chi connectivity index (χ2n) is 6.26. The topological polar surface area (TPSA) is 124 Å². The van der Waals surface area contributed by atoms with Gasteiger partial charge in [0.2, 0.25) is 23.6 Å². The molecule has 0 bridgehead atoms. The Bertz CT molecular complexity index is 608. The van der Waals surface area contributed by atoms with Gasteiger partial charge < -0.3 is 10.0 Å². The minimum Gasteiger partial charge on any atom is -0.465 e. The molecule has 9 heteroatoms. The number of carbonyl (C=O) groups excluding carboxylic acids is 4. The van der Waals surface area contributed by atoms with Crippen molar-refractivity contribution in [2.45, 2.75) is 38.1 Å². The smallest absolute Gasteiger partial charge is 0.407 e.